The van der Waals surface area contributed by atoms with E-state index in [0.717, 1.165) is 32.4 Å². The minimum Gasteiger partial charge on any atom is -0.338 e. The summed E-state index contributed by atoms with van der Waals surface area (Å²) in [5.41, 5.74) is 0.481. The Labute approximate surface area is 152 Å². The first kappa shape index (κ1) is 18.3. The zero-order valence-electron chi connectivity index (χ0n) is 14.5. The van der Waals surface area contributed by atoms with E-state index in [1.807, 2.05) is 0 Å². The van der Waals surface area contributed by atoms with Gasteiger partial charge in [0.2, 0.25) is 11.9 Å². The van der Waals surface area contributed by atoms with Crippen molar-refractivity contribution < 1.29 is 13.2 Å². The van der Waals surface area contributed by atoms with Crippen molar-refractivity contribution in [3.63, 3.8) is 0 Å². The van der Waals surface area contributed by atoms with Gasteiger partial charge < -0.3 is 10.2 Å². The second-order valence-corrected chi connectivity index (χ2v) is 8.18. The molecular formula is C17H21N5O3S. The number of piperazine rings is 1. The van der Waals surface area contributed by atoms with E-state index in [2.05, 4.69) is 25.1 Å². The molecule has 8 nitrogen and oxygen atoms in total. The van der Waals surface area contributed by atoms with Crippen LogP contribution in [0, 0.1) is 0 Å². The van der Waals surface area contributed by atoms with Gasteiger partial charge in [0.15, 0.2) is 9.84 Å². The fraction of sp³-hybridized carbons (Fsp3) is 0.353. The van der Waals surface area contributed by atoms with Crippen LogP contribution < -0.4 is 10.2 Å². The van der Waals surface area contributed by atoms with Crippen LogP contribution in [-0.4, -0.2) is 68.2 Å². The lowest BCUT2D eigenvalue weighted by Crippen LogP contribution is -2.49. The minimum atomic E-state index is -3.30. The number of nitrogens with one attached hydrogen (secondary N) is 1. The second-order valence-electron chi connectivity index (χ2n) is 6.16. The summed E-state index contributed by atoms with van der Waals surface area (Å²) in [6, 6.07) is 8.05. The molecular weight excluding hydrogens is 354 g/mol. The molecule has 0 radical (unpaired) electrons. The van der Waals surface area contributed by atoms with Gasteiger partial charge in [0, 0.05) is 50.5 Å². The number of aromatic nitrogens is 2. The van der Waals surface area contributed by atoms with Crippen LogP contribution in [0.4, 0.5) is 11.6 Å². The van der Waals surface area contributed by atoms with Gasteiger partial charge in [-0.05, 0) is 24.3 Å². The summed E-state index contributed by atoms with van der Waals surface area (Å²) < 4.78 is 23.2. The molecule has 0 saturated carbocycles. The standard InChI is InChI=1S/C17H21N5O3S/c1-26(24,25)15-5-2-4-14(12-15)20-16(23)13-21-8-10-22(11-9-21)17-18-6-3-7-19-17/h2-7,12H,8-11,13H2,1H3,(H,20,23). The van der Waals surface area contributed by atoms with E-state index in [0.29, 0.717) is 11.6 Å². The highest BCUT2D eigenvalue weighted by atomic mass is 32.2. The summed E-state index contributed by atoms with van der Waals surface area (Å²) in [5, 5.41) is 2.76. The molecule has 0 spiro atoms. The predicted molar refractivity (Wildman–Crippen MR) is 98.9 cm³/mol. The summed E-state index contributed by atoms with van der Waals surface area (Å²) >= 11 is 0. The van der Waals surface area contributed by atoms with Crippen molar-refractivity contribution in [3.05, 3.63) is 42.7 Å². The number of amides is 1. The summed E-state index contributed by atoms with van der Waals surface area (Å²) in [7, 11) is -3.30. The molecule has 1 amide bonds. The maximum atomic E-state index is 12.3. The number of sulfone groups is 1. The number of hydrogen-bond acceptors (Lipinski definition) is 7. The van der Waals surface area contributed by atoms with Gasteiger partial charge in [-0.25, -0.2) is 18.4 Å². The molecule has 0 unspecified atom stereocenters. The third-order valence-corrected chi connectivity index (χ3v) is 5.23. The smallest absolute Gasteiger partial charge is 0.238 e. The van der Waals surface area contributed by atoms with Crippen LogP contribution in [-0.2, 0) is 14.6 Å². The number of nitrogens with zero attached hydrogens (tertiary/aromatic N) is 4. The summed E-state index contributed by atoms with van der Waals surface area (Å²) in [5.74, 6) is 0.536. The third kappa shape index (κ3) is 4.77. The Bertz CT molecular complexity index is 865. The van der Waals surface area contributed by atoms with Crippen LogP contribution in [0.15, 0.2) is 47.6 Å². The van der Waals surface area contributed by atoms with Crippen molar-refractivity contribution in [2.24, 2.45) is 0 Å². The molecule has 1 saturated heterocycles. The molecule has 0 atom stereocenters. The van der Waals surface area contributed by atoms with Crippen LogP contribution >= 0.6 is 0 Å². The van der Waals surface area contributed by atoms with Crippen molar-refractivity contribution in [2.45, 2.75) is 4.90 Å². The third-order valence-electron chi connectivity index (χ3n) is 4.12. The van der Waals surface area contributed by atoms with Crippen molar-refractivity contribution in [1.29, 1.82) is 0 Å². The summed E-state index contributed by atoms with van der Waals surface area (Å²) in [6.45, 7) is 3.22. The average Bonchev–Trinajstić information content (AvgIpc) is 2.62. The summed E-state index contributed by atoms with van der Waals surface area (Å²) in [4.78, 5) is 25.1. The Morgan fingerprint density at radius 2 is 1.81 bits per heavy atom. The molecule has 3 rings (SSSR count). The van der Waals surface area contributed by atoms with Gasteiger partial charge in [0.05, 0.1) is 11.4 Å². The molecule has 1 aliphatic rings. The quantitative estimate of drug-likeness (QED) is 0.819. The number of hydrogen-bond donors (Lipinski definition) is 1. The van der Waals surface area contributed by atoms with Gasteiger partial charge >= 0.3 is 0 Å². The molecule has 2 heterocycles. The van der Waals surface area contributed by atoms with Gasteiger partial charge in [0.25, 0.3) is 0 Å². The molecule has 1 fully saturated rings. The van der Waals surface area contributed by atoms with Crippen molar-refractivity contribution >= 4 is 27.4 Å². The SMILES string of the molecule is CS(=O)(=O)c1cccc(NC(=O)CN2CCN(c3ncccn3)CC2)c1. The predicted octanol–water partition coefficient (Wildman–Crippen LogP) is 0.641. The first-order valence-corrected chi connectivity index (χ1v) is 10.2. The normalized spacial score (nSPS) is 15.7. The molecule has 2 aromatic rings. The highest BCUT2D eigenvalue weighted by Gasteiger charge is 2.20. The van der Waals surface area contributed by atoms with Gasteiger partial charge in [-0.3, -0.25) is 9.69 Å². The van der Waals surface area contributed by atoms with E-state index < -0.39 is 9.84 Å². The van der Waals surface area contributed by atoms with Crippen molar-refractivity contribution in [1.82, 2.24) is 14.9 Å². The molecule has 0 bridgehead atoms. The Balaban J connectivity index is 1.52. The topological polar surface area (TPSA) is 95.5 Å². The zero-order valence-corrected chi connectivity index (χ0v) is 15.3. The highest BCUT2D eigenvalue weighted by Crippen LogP contribution is 2.15. The van der Waals surface area contributed by atoms with E-state index >= 15 is 0 Å². The number of rotatable bonds is 5. The van der Waals surface area contributed by atoms with E-state index in [9.17, 15) is 13.2 Å². The van der Waals surface area contributed by atoms with E-state index in [4.69, 9.17) is 0 Å². The number of anilines is 2. The van der Waals surface area contributed by atoms with Crippen LogP contribution in [0.25, 0.3) is 0 Å². The molecule has 9 heteroatoms. The maximum Gasteiger partial charge on any atom is 0.238 e. The Morgan fingerprint density at radius 3 is 2.46 bits per heavy atom. The molecule has 1 aromatic carbocycles. The number of carbonyl (C=O) groups is 1. The van der Waals surface area contributed by atoms with Gasteiger partial charge in [-0.1, -0.05) is 6.07 Å². The number of benzene rings is 1. The summed E-state index contributed by atoms with van der Waals surface area (Å²) in [6.07, 6.45) is 4.57. The van der Waals surface area contributed by atoms with Crippen molar-refractivity contribution in [3.8, 4) is 0 Å². The van der Waals surface area contributed by atoms with Gasteiger partial charge in [-0.15, -0.1) is 0 Å². The fourth-order valence-electron chi connectivity index (χ4n) is 2.77. The molecule has 1 N–H and O–H groups in total. The Hall–Kier alpha value is -2.52. The van der Waals surface area contributed by atoms with E-state index in [-0.39, 0.29) is 17.3 Å². The second kappa shape index (κ2) is 7.79. The van der Waals surface area contributed by atoms with Gasteiger partial charge in [0.1, 0.15) is 0 Å². The Kier molecular flexibility index (Phi) is 5.48. The maximum absolute atomic E-state index is 12.3. The van der Waals surface area contributed by atoms with E-state index in [1.54, 1.807) is 30.6 Å². The molecule has 1 aromatic heterocycles. The minimum absolute atomic E-state index is 0.167. The molecule has 0 aliphatic carbocycles. The number of carbonyl (C=O) groups excluding carboxylic acids is 1. The fourth-order valence-corrected chi connectivity index (χ4v) is 3.44. The van der Waals surface area contributed by atoms with Crippen LogP contribution in [0.3, 0.4) is 0 Å². The van der Waals surface area contributed by atoms with E-state index in [1.165, 1.54) is 12.1 Å². The zero-order chi connectivity index (χ0) is 18.6. The molecule has 26 heavy (non-hydrogen) atoms. The first-order valence-electron chi connectivity index (χ1n) is 8.26. The van der Waals surface area contributed by atoms with Gasteiger partial charge in [-0.2, -0.15) is 0 Å². The van der Waals surface area contributed by atoms with Crippen molar-refractivity contribution in [2.75, 3.05) is 49.2 Å². The average molecular weight is 375 g/mol. The lowest BCUT2D eigenvalue weighted by atomic mass is 10.3. The lowest BCUT2D eigenvalue weighted by molar-refractivity contribution is -0.117. The van der Waals surface area contributed by atoms with Crippen LogP contribution in [0.5, 0.6) is 0 Å². The monoisotopic (exact) mass is 375 g/mol. The highest BCUT2D eigenvalue weighted by molar-refractivity contribution is 7.90. The first-order chi connectivity index (χ1) is 12.4. The Morgan fingerprint density at radius 1 is 1.12 bits per heavy atom. The molecule has 1 aliphatic heterocycles. The molecule has 138 valence electrons. The lowest BCUT2D eigenvalue weighted by Gasteiger charge is -2.34. The largest absolute Gasteiger partial charge is 0.338 e. The van der Waals surface area contributed by atoms with Crippen LogP contribution in [0.1, 0.15) is 0 Å². The van der Waals surface area contributed by atoms with Crippen LogP contribution in [0.2, 0.25) is 0 Å².